The van der Waals surface area contributed by atoms with E-state index in [-0.39, 0.29) is 6.04 Å². The molecule has 0 saturated heterocycles. The molecule has 1 rings (SSSR count). The lowest BCUT2D eigenvalue weighted by atomic mass is 10.1. The van der Waals surface area contributed by atoms with Crippen LogP contribution in [0.5, 0.6) is 0 Å². The van der Waals surface area contributed by atoms with E-state index < -0.39 is 32.7 Å². The van der Waals surface area contributed by atoms with Gasteiger partial charge in [-0.25, -0.2) is 8.42 Å². The number of hydrogen-bond acceptors (Lipinski definition) is 4. The molecule has 0 fully saturated rings. The predicted molar refractivity (Wildman–Crippen MR) is 83.5 cm³/mol. The number of carboxylic acids is 1. The second-order valence-electron chi connectivity index (χ2n) is 5.02. The van der Waals surface area contributed by atoms with Crippen molar-refractivity contribution in [2.24, 2.45) is 0 Å². The van der Waals surface area contributed by atoms with Gasteiger partial charge in [0.15, 0.2) is 15.1 Å². The molecule has 2 unspecified atom stereocenters. The summed E-state index contributed by atoms with van der Waals surface area (Å²) in [6, 6.07) is 6.47. The molecular formula is C14H18ClNO5S. The Morgan fingerprint density at radius 2 is 1.73 bits per heavy atom. The second-order valence-corrected chi connectivity index (χ2v) is 7.78. The van der Waals surface area contributed by atoms with Crippen molar-refractivity contribution in [3.05, 3.63) is 34.9 Å². The molecule has 0 saturated carbocycles. The molecule has 0 aromatic heterocycles. The van der Waals surface area contributed by atoms with Crippen molar-refractivity contribution in [2.45, 2.75) is 25.1 Å². The minimum Gasteiger partial charge on any atom is -0.480 e. The third-order valence-corrected chi connectivity index (χ3v) is 5.72. The number of aliphatic carboxylic acids is 1. The van der Waals surface area contributed by atoms with Crippen LogP contribution in [0.2, 0.25) is 5.02 Å². The molecule has 1 aromatic rings. The Kier molecular flexibility index (Phi) is 5.96. The van der Waals surface area contributed by atoms with Crippen LogP contribution in [0.15, 0.2) is 24.3 Å². The van der Waals surface area contributed by atoms with E-state index in [1.165, 1.54) is 11.9 Å². The van der Waals surface area contributed by atoms with Crippen molar-refractivity contribution in [1.29, 1.82) is 0 Å². The number of rotatable bonds is 6. The Labute approximate surface area is 134 Å². The van der Waals surface area contributed by atoms with Gasteiger partial charge in [-0.2, -0.15) is 0 Å². The highest BCUT2D eigenvalue weighted by atomic mass is 35.5. The van der Waals surface area contributed by atoms with E-state index in [1.54, 1.807) is 31.2 Å². The summed E-state index contributed by atoms with van der Waals surface area (Å²) in [6.07, 6.45) is 0. The van der Waals surface area contributed by atoms with Crippen LogP contribution in [0.1, 0.15) is 25.5 Å². The number of benzene rings is 1. The third-order valence-electron chi connectivity index (χ3n) is 3.54. The molecule has 0 aliphatic carbocycles. The molecule has 0 bridgehead atoms. The van der Waals surface area contributed by atoms with E-state index in [0.29, 0.717) is 5.02 Å². The van der Waals surface area contributed by atoms with Gasteiger partial charge < -0.3 is 10.0 Å². The Morgan fingerprint density at radius 3 is 2.18 bits per heavy atom. The number of hydrogen-bond donors (Lipinski definition) is 1. The maximum Gasteiger partial charge on any atom is 0.321 e. The van der Waals surface area contributed by atoms with E-state index in [1.807, 2.05) is 0 Å². The number of carbonyl (C=O) groups excluding carboxylic acids is 1. The molecule has 2 atom stereocenters. The molecular weight excluding hydrogens is 330 g/mol. The average molecular weight is 348 g/mol. The normalized spacial score (nSPS) is 14.2. The van der Waals surface area contributed by atoms with Crippen molar-refractivity contribution < 1.29 is 23.1 Å². The molecule has 22 heavy (non-hydrogen) atoms. The highest BCUT2D eigenvalue weighted by molar-refractivity contribution is 7.93. The summed E-state index contributed by atoms with van der Waals surface area (Å²) in [5.41, 5.74) is 0.795. The first kappa shape index (κ1) is 18.4. The summed E-state index contributed by atoms with van der Waals surface area (Å²) >= 11 is 5.79. The zero-order chi connectivity index (χ0) is 17.1. The second kappa shape index (κ2) is 7.11. The molecule has 1 amide bonds. The van der Waals surface area contributed by atoms with Gasteiger partial charge in [-0.1, -0.05) is 23.7 Å². The standard InChI is InChI=1S/C14H18ClNO5S/c1-9(11-4-6-12(15)7-5-11)16(3)13(17)8-22(20,21)10(2)14(18)19/h4-7,9-10H,8H2,1-3H3,(H,18,19). The molecule has 6 nitrogen and oxygen atoms in total. The van der Waals surface area contributed by atoms with Crippen LogP contribution in [-0.2, 0) is 19.4 Å². The maximum absolute atomic E-state index is 12.1. The Bertz CT molecular complexity index is 656. The summed E-state index contributed by atoms with van der Waals surface area (Å²) < 4.78 is 23.7. The van der Waals surface area contributed by atoms with Gasteiger partial charge in [-0.15, -0.1) is 0 Å². The van der Waals surface area contributed by atoms with Crippen LogP contribution in [-0.4, -0.2) is 48.4 Å². The number of nitrogens with zero attached hydrogens (tertiary/aromatic N) is 1. The monoisotopic (exact) mass is 347 g/mol. The first-order valence-electron chi connectivity index (χ1n) is 6.51. The van der Waals surface area contributed by atoms with Gasteiger partial charge in [0.2, 0.25) is 5.91 Å². The minimum absolute atomic E-state index is 0.361. The maximum atomic E-state index is 12.1. The van der Waals surface area contributed by atoms with Gasteiger partial charge in [0.1, 0.15) is 5.75 Å². The van der Waals surface area contributed by atoms with Crippen LogP contribution in [0, 0.1) is 0 Å². The fourth-order valence-electron chi connectivity index (χ4n) is 1.73. The summed E-state index contributed by atoms with van der Waals surface area (Å²) in [5.74, 6) is -2.97. The zero-order valence-electron chi connectivity index (χ0n) is 12.5. The number of carbonyl (C=O) groups is 2. The van der Waals surface area contributed by atoms with E-state index in [4.69, 9.17) is 16.7 Å². The smallest absolute Gasteiger partial charge is 0.321 e. The number of sulfone groups is 1. The Morgan fingerprint density at radius 1 is 1.23 bits per heavy atom. The summed E-state index contributed by atoms with van der Waals surface area (Å²) in [6.45, 7) is 2.79. The lowest BCUT2D eigenvalue weighted by molar-refractivity contribution is -0.136. The van der Waals surface area contributed by atoms with Gasteiger partial charge in [-0.3, -0.25) is 9.59 Å². The lowest BCUT2D eigenvalue weighted by Crippen LogP contribution is -2.39. The molecule has 0 aliphatic rings. The van der Waals surface area contributed by atoms with Crippen LogP contribution in [0.25, 0.3) is 0 Å². The molecule has 1 N–H and O–H groups in total. The third kappa shape index (κ3) is 4.45. The topological polar surface area (TPSA) is 91.8 Å². The SMILES string of the molecule is CC(c1ccc(Cl)cc1)N(C)C(=O)CS(=O)(=O)C(C)C(=O)O. The zero-order valence-corrected chi connectivity index (χ0v) is 14.1. The minimum atomic E-state index is -4.04. The van der Waals surface area contributed by atoms with Crippen LogP contribution >= 0.6 is 11.6 Å². The number of halogens is 1. The van der Waals surface area contributed by atoms with Gasteiger partial charge in [0.25, 0.3) is 0 Å². The van der Waals surface area contributed by atoms with E-state index in [9.17, 15) is 18.0 Å². The van der Waals surface area contributed by atoms with Gasteiger partial charge in [0.05, 0.1) is 6.04 Å². The van der Waals surface area contributed by atoms with Gasteiger partial charge >= 0.3 is 5.97 Å². The van der Waals surface area contributed by atoms with Crippen molar-refractivity contribution in [3.63, 3.8) is 0 Å². The van der Waals surface area contributed by atoms with Crippen LogP contribution < -0.4 is 0 Å². The highest BCUT2D eigenvalue weighted by Crippen LogP contribution is 2.21. The number of amides is 1. The first-order chi connectivity index (χ1) is 10.1. The van der Waals surface area contributed by atoms with Crippen molar-refractivity contribution >= 4 is 33.3 Å². The molecule has 122 valence electrons. The predicted octanol–water partition coefficient (Wildman–Crippen LogP) is 1.75. The summed E-state index contributed by atoms with van der Waals surface area (Å²) in [7, 11) is -2.56. The van der Waals surface area contributed by atoms with Crippen LogP contribution in [0.4, 0.5) is 0 Å². The molecule has 0 radical (unpaired) electrons. The first-order valence-corrected chi connectivity index (χ1v) is 8.61. The Balaban J connectivity index is 2.85. The fraction of sp³-hybridized carbons (Fsp3) is 0.429. The highest BCUT2D eigenvalue weighted by Gasteiger charge is 2.32. The van der Waals surface area contributed by atoms with Gasteiger partial charge in [0, 0.05) is 12.1 Å². The molecule has 0 heterocycles. The molecule has 1 aromatic carbocycles. The fourth-order valence-corrected chi connectivity index (χ4v) is 2.96. The largest absolute Gasteiger partial charge is 0.480 e. The average Bonchev–Trinajstić information content (AvgIpc) is 2.45. The molecule has 8 heteroatoms. The van der Waals surface area contributed by atoms with E-state index in [0.717, 1.165) is 12.5 Å². The van der Waals surface area contributed by atoms with Crippen molar-refractivity contribution in [3.8, 4) is 0 Å². The van der Waals surface area contributed by atoms with Gasteiger partial charge in [-0.05, 0) is 31.5 Å². The lowest BCUT2D eigenvalue weighted by Gasteiger charge is -2.25. The molecule has 0 aliphatic heterocycles. The van der Waals surface area contributed by atoms with Crippen molar-refractivity contribution in [1.82, 2.24) is 4.90 Å². The van der Waals surface area contributed by atoms with Crippen molar-refractivity contribution in [2.75, 3.05) is 12.8 Å². The molecule has 0 spiro atoms. The summed E-state index contributed by atoms with van der Waals surface area (Å²) in [5, 5.41) is 7.71. The number of carboxylic acid groups (broad SMARTS) is 1. The summed E-state index contributed by atoms with van der Waals surface area (Å²) in [4.78, 5) is 24.1. The quantitative estimate of drug-likeness (QED) is 0.846. The van der Waals surface area contributed by atoms with Crippen LogP contribution in [0.3, 0.4) is 0 Å². The van der Waals surface area contributed by atoms with E-state index >= 15 is 0 Å². The van der Waals surface area contributed by atoms with E-state index in [2.05, 4.69) is 0 Å². The Hall–Kier alpha value is -1.60.